The van der Waals surface area contributed by atoms with E-state index in [2.05, 4.69) is 22.9 Å². The van der Waals surface area contributed by atoms with Gasteiger partial charge in [0.15, 0.2) is 11.9 Å². The lowest BCUT2D eigenvalue weighted by Crippen LogP contribution is -2.29. The molecule has 0 saturated heterocycles. The first-order chi connectivity index (χ1) is 8.02. The largest absolute Gasteiger partial charge is 0.501 e. The van der Waals surface area contributed by atoms with Crippen LogP contribution in [0.5, 0.6) is 11.5 Å². The Kier molecular flexibility index (Phi) is 6.93. The number of aromatic hydroxyl groups is 2. The minimum Gasteiger partial charge on any atom is -0.501 e. The van der Waals surface area contributed by atoms with Crippen LogP contribution in [0.3, 0.4) is 0 Å². The van der Waals surface area contributed by atoms with Gasteiger partial charge in [-0.25, -0.2) is 0 Å². The van der Waals surface area contributed by atoms with Crippen LogP contribution in [0.25, 0.3) is 0 Å². The van der Waals surface area contributed by atoms with E-state index >= 15 is 0 Å². The van der Waals surface area contributed by atoms with Gasteiger partial charge < -0.3 is 33.1 Å². The summed E-state index contributed by atoms with van der Waals surface area (Å²) in [6.07, 6.45) is 0. The van der Waals surface area contributed by atoms with Gasteiger partial charge in [-0.15, -0.1) is 0 Å². The summed E-state index contributed by atoms with van der Waals surface area (Å²) >= 11 is 0. The molecule has 11 nitrogen and oxygen atoms in total. The zero-order valence-corrected chi connectivity index (χ0v) is 8.93. The number of hydrogen-bond donors (Lipinski definition) is 8. The van der Waals surface area contributed by atoms with Crippen molar-refractivity contribution in [3.63, 3.8) is 0 Å². The normalized spacial score (nSPS) is 8.22. The van der Waals surface area contributed by atoms with Crippen molar-refractivity contribution in [1.82, 2.24) is 0 Å². The van der Waals surface area contributed by atoms with Gasteiger partial charge in [-0.05, 0) is 0 Å². The van der Waals surface area contributed by atoms with E-state index in [0.29, 0.717) is 0 Å². The van der Waals surface area contributed by atoms with Crippen molar-refractivity contribution < 1.29 is 10.2 Å². The van der Waals surface area contributed by atoms with Crippen LogP contribution in [0, 0.1) is 10.8 Å². The molecule has 12 N–H and O–H groups in total. The van der Waals surface area contributed by atoms with Gasteiger partial charge in [0, 0.05) is 0 Å². The van der Waals surface area contributed by atoms with Crippen LogP contribution in [0.1, 0.15) is 0 Å². The lowest BCUT2D eigenvalue weighted by atomic mass is 10.5. The van der Waals surface area contributed by atoms with Crippen molar-refractivity contribution >= 4 is 11.9 Å². The Bertz CT molecular complexity index is 516. The van der Waals surface area contributed by atoms with Gasteiger partial charge >= 0.3 is 0 Å². The highest BCUT2D eigenvalue weighted by Crippen LogP contribution is 2.09. The Labute approximate surface area is 99.0 Å². The summed E-state index contributed by atoms with van der Waals surface area (Å²) in [4.78, 5) is 30.8. The molecule has 0 atom stereocenters. The SMILES string of the molecule is N=C(N)N.N=C(N)N.O=c1c(O)c(O)c(=O)c1=O. The summed E-state index contributed by atoms with van der Waals surface area (Å²) in [7, 11) is 0. The Hall–Kier alpha value is -3.11. The van der Waals surface area contributed by atoms with Crippen LogP contribution in [0.2, 0.25) is 0 Å². The van der Waals surface area contributed by atoms with E-state index in [1.807, 2.05) is 0 Å². The molecule has 1 aromatic carbocycles. The fourth-order valence-corrected chi connectivity index (χ4v) is 0.533. The molecule has 0 amide bonds. The zero-order valence-electron chi connectivity index (χ0n) is 8.93. The van der Waals surface area contributed by atoms with Gasteiger partial charge in [0.1, 0.15) is 0 Å². The first-order valence-electron chi connectivity index (χ1n) is 3.96. The summed E-state index contributed by atoms with van der Waals surface area (Å²) in [5.74, 6) is -2.98. The number of nitrogens with two attached hydrogens (primary N) is 4. The molecule has 11 heteroatoms. The van der Waals surface area contributed by atoms with Gasteiger partial charge in [-0.1, -0.05) is 0 Å². The molecule has 0 unspecified atom stereocenters. The maximum Gasteiger partial charge on any atom is 0.280 e. The van der Waals surface area contributed by atoms with Gasteiger partial charge in [0.25, 0.3) is 16.3 Å². The van der Waals surface area contributed by atoms with Crippen molar-refractivity contribution in [2.45, 2.75) is 0 Å². The number of guanidine groups is 2. The Balaban J connectivity index is 0. The predicted molar refractivity (Wildman–Crippen MR) is 63.2 cm³/mol. The minimum atomic E-state index is -1.39. The molecule has 1 aromatic rings. The van der Waals surface area contributed by atoms with Crippen molar-refractivity contribution in [3.8, 4) is 11.5 Å². The van der Waals surface area contributed by atoms with Crippen LogP contribution >= 0.6 is 0 Å². The molecule has 0 aliphatic heterocycles. The highest BCUT2D eigenvalue weighted by molar-refractivity contribution is 5.72. The smallest absolute Gasteiger partial charge is 0.280 e. The van der Waals surface area contributed by atoms with Crippen LogP contribution < -0.4 is 39.2 Å². The third kappa shape index (κ3) is 6.39. The maximum absolute atomic E-state index is 10.3. The van der Waals surface area contributed by atoms with E-state index in [1.54, 1.807) is 0 Å². The van der Waals surface area contributed by atoms with Crippen LogP contribution in [0.4, 0.5) is 0 Å². The average Bonchev–Trinajstić information content (AvgIpc) is 2.35. The van der Waals surface area contributed by atoms with Crippen LogP contribution in [-0.2, 0) is 0 Å². The Morgan fingerprint density at radius 3 is 0.944 bits per heavy atom. The fraction of sp³-hybridized carbons (Fsp3) is 0. The van der Waals surface area contributed by atoms with Crippen LogP contribution in [0.15, 0.2) is 14.4 Å². The third-order valence-electron chi connectivity index (χ3n) is 1.07. The van der Waals surface area contributed by atoms with Crippen molar-refractivity contribution in [2.24, 2.45) is 22.9 Å². The first kappa shape index (κ1) is 17.3. The zero-order chi connectivity index (χ0) is 15.0. The van der Waals surface area contributed by atoms with Crippen LogP contribution in [-0.4, -0.2) is 22.1 Å². The van der Waals surface area contributed by atoms with Crippen molar-refractivity contribution in [2.75, 3.05) is 0 Å². The van der Waals surface area contributed by atoms with E-state index in [-0.39, 0.29) is 11.9 Å². The Morgan fingerprint density at radius 1 is 0.722 bits per heavy atom. The van der Waals surface area contributed by atoms with E-state index in [0.717, 1.165) is 0 Å². The van der Waals surface area contributed by atoms with E-state index in [4.69, 9.17) is 21.0 Å². The second kappa shape index (κ2) is 7.21. The highest BCUT2D eigenvalue weighted by atomic mass is 16.3. The molecule has 0 spiro atoms. The standard InChI is InChI=1S/C5H2O5.2CH5N3/c6-1-2(7)4(9)5(10)3(1)8;2*2-1(3)4/h6-7H;2*(H5,2,3,4). The summed E-state index contributed by atoms with van der Waals surface area (Å²) in [6.45, 7) is 0. The molecule has 0 saturated carbocycles. The molecule has 0 aliphatic carbocycles. The van der Waals surface area contributed by atoms with E-state index in [9.17, 15) is 14.4 Å². The summed E-state index contributed by atoms with van der Waals surface area (Å²) < 4.78 is 0. The molecule has 0 bridgehead atoms. The molecule has 100 valence electrons. The molecule has 0 aromatic heterocycles. The molecule has 18 heavy (non-hydrogen) atoms. The molecular weight excluding hydrogens is 248 g/mol. The molecule has 0 heterocycles. The van der Waals surface area contributed by atoms with E-state index in [1.165, 1.54) is 0 Å². The van der Waals surface area contributed by atoms with E-state index < -0.39 is 27.8 Å². The van der Waals surface area contributed by atoms with Crippen molar-refractivity contribution in [3.05, 3.63) is 30.7 Å². The lowest BCUT2D eigenvalue weighted by molar-refractivity contribution is 0.402. The first-order valence-corrected chi connectivity index (χ1v) is 3.96. The molecule has 0 fully saturated rings. The molecule has 0 radical (unpaired) electrons. The average molecular weight is 260 g/mol. The monoisotopic (exact) mass is 260 g/mol. The number of nitrogens with one attached hydrogen (secondary N) is 2. The second-order valence-corrected chi connectivity index (χ2v) is 2.60. The fourth-order valence-electron chi connectivity index (χ4n) is 0.533. The molecule has 0 aliphatic rings. The van der Waals surface area contributed by atoms with Crippen molar-refractivity contribution in [1.29, 1.82) is 10.8 Å². The second-order valence-electron chi connectivity index (χ2n) is 2.60. The van der Waals surface area contributed by atoms with Gasteiger partial charge in [0.2, 0.25) is 11.5 Å². The number of rotatable bonds is 0. The quantitative estimate of drug-likeness (QED) is 0.127. The number of hydrogen-bond acceptors (Lipinski definition) is 7. The molecular formula is C7H12N6O5. The topological polar surface area (TPSA) is 243 Å². The summed E-state index contributed by atoms with van der Waals surface area (Å²) in [5, 5.41) is 29.0. The maximum atomic E-state index is 10.3. The van der Waals surface area contributed by atoms with Gasteiger partial charge in [-0.3, -0.25) is 25.2 Å². The minimum absolute atomic E-state index is 0.333. The van der Waals surface area contributed by atoms with Gasteiger partial charge in [-0.2, -0.15) is 0 Å². The lowest BCUT2D eigenvalue weighted by Gasteiger charge is -1.77. The Morgan fingerprint density at radius 2 is 0.889 bits per heavy atom. The van der Waals surface area contributed by atoms with Gasteiger partial charge in [0.05, 0.1) is 0 Å². The third-order valence-corrected chi connectivity index (χ3v) is 1.07. The summed E-state index contributed by atoms with van der Waals surface area (Å²) in [6, 6.07) is 0. The highest BCUT2D eigenvalue weighted by Gasteiger charge is 2.16. The molecule has 1 rings (SSSR count). The summed E-state index contributed by atoms with van der Waals surface area (Å²) in [5.41, 5.74) is 13.8. The predicted octanol–water partition coefficient (Wildman–Crippen LogP) is -4.27.